The second kappa shape index (κ2) is 7.35. The number of aromatic nitrogens is 3. The summed E-state index contributed by atoms with van der Waals surface area (Å²) in [5.41, 5.74) is 2.40. The zero-order valence-electron chi connectivity index (χ0n) is 16.1. The fourth-order valence-corrected chi connectivity index (χ4v) is 4.47. The van der Waals surface area contributed by atoms with Gasteiger partial charge in [-0.05, 0) is 41.5 Å². The van der Waals surface area contributed by atoms with E-state index in [1.807, 2.05) is 49.4 Å². The second-order valence-electron chi connectivity index (χ2n) is 7.05. The maximum atomic E-state index is 13.5. The molecule has 0 radical (unpaired) electrons. The average molecular weight is 416 g/mol. The topological polar surface area (TPSA) is 59.8 Å². The highest BCUT2D eigenvalue weighted by molar-refractivity contribution is 7.20. The zero-order valence-corrected chi connectivity index (χ0v) is 16.9. The number of rotatable bonds is 4. The van der Waals surface area contributed by atoms with Gasteiger partial charge in [-0.1, -0.05) is 53.8 Å². The van der Waals surface area contributed by atoms with Crippen LogP contribution >= 0.6 is 11.3 Å². The molecule has 0 atom stereocenters. The van der Waals surface area contributed by atoms with E-state index in [0.717, 1.165) is 26.7 Å². The number of halogens is 1. The van der Waals surface area contributed by atoms with Gasteiger partial charge < -0.3 is 5.32 Å². The molecule has 0 saturated heterocycles. The molecule has 0 aliphatic heterocycles. The Morgan fingerprint density at radius 1 is 1.10 bits per heavy atom. The number of anilines is 1. The average Bonchev–Trinajstić information content (AvgIpc) is 3.30. The minimum atomic E-state index is -0.307. The minimum Gasteiger partial charge on any atom is -0.310 e. The highest BCUT2D eigenvalue weighted by atomic mass is 32.1. The van der Waals surface area contributed by atoms with Gasteiger partial charge in [-0.15, -0.1) is 0 Å². The number of carbonyl (C=O) groups is 1. The summed E-state index contributed by atoms with van der Waals surface area (Å²) in [6.07, 6.45) is 0.247. The van der Waals surface area contributed by atoms with E-state index in [1.165, 1.54) is 23.5 Å². The molecular weight excluding hydrogens is 399 g/mol. The Labute approximate surface area is 175 Å². The van der Waals surface area contributed by atoms with Crippen LogP contribution in [0.25, 0.3) is 26.1 Å². The van der Waals surface area contributed by atoms with E-state index >= 15 is 0 Å². The van der Waals surface area contributed by atoms with Crippen molar-refractivity contribution >= 4 is 44.1 Å². The fraction of sp³-hybridized carbons (Fsp3) is 0.0870. The normalized spacial score (nSPS) is 11.3. The van der Waals surface area contributed by atoms with Crippen molar-refractivity contribution in [2.75, 3.05) is 5.32 Å². The lowest BCUT2D eigenvalue weighted by Gasteiger charge is -2.08. The summed E-state index contributed by atoms with van der Waals surface area (Å²) in [6.45, 7) is 1.85. The molecule has 0 saturated carbocycles. The Balaban J connectivity index is 1.44. The number of thiazole rings is 1. The molecule has 2 aromatic heterocycles. The van der Waals surface area contributed by atoms with Gasteiger partial charge in [-0.2, -0.15) is 9.78 Å². The number of amides is 1. The van der Waals surface area contributed by atoms with Crippen molar-refractivity contribution < 1.29 is 9.18 Å². The van der Waals surface area contributed by atoms with Crippen LogP contribution in [-0.2, 0) is 11.2 Å². The SMILES string of the molecule is Cc1cc(NC(=O)Cc2cccc3ccccc23)n(-c2nc3ccc(F)cc3s2)n1. The quantitative estimate of drug-likeness (QED) is 0.435. The zero-order chi connectivity index (χ0) is 20.7. The molecule has 0 spiro atoms. The highest BCUT2D eigenvalue weighted by Gasteiger charge is 2.15. The van der Waals surface area contributed by atoms with Crippen LogP contribution < -0.4 is 5.32 Å². The number of hydrogen-bond acceptors (Lipinski definition) is 4. The first-order chi connectivity index (χ1) is 14.6. The van der Waals surface area contributed by atoms with E-state index in [2.05, 4.69) is 15.4 Å². The third kappa shape index (κ3) is 3.44. The minimum absolute atomic E-state index is 0.139. The van der Waals surface area contributed by atoms with Gasteiger partial charge >= 0.3 is 0 Å². The van der Waals surface area contributed by atoms with Crippen molar-refractivity contribution in [3.8, 4) is 5.13 Å². The first-order valence-electron chi connectivity index (χ1n) is 9.46. The molecular formula is C23H17FN4OS. The molecule has 5 aromatic rings. The van der Waals surface area contributed by atoms with Gasteiger partial charge in [0.05, 0.1) is 22.3 Å². The first kappa shape index (κ1) is 18.4. The Bertz CT molecular complexity index is 1400. The van der Waals surface area contributed by atoms with Crippen LogP contribution in [0.4, 0.5) is 10.2 Å². The maximum Gasteiger partial charge on any atom is 0.229 e. The Morgan fingerprint density at radius 3 is 2.83 bits per heavy atom. The van der Waals surface area contributed by atoms with Gasteiger partial charge in [0.15, 0.2) is 0 Å². The highest BCUT2D eigenvalue weighted by Crippen LogP contribution is 2.28. The predicted octanol–water partition coefficient (Wildman–Crippen LogP) is 5.26. The van der Waals surface area contributed by atoms with Crippen LogP contribution in [0.2, 0.25) is 0 Å². The molecule has 2 heterocycles. The number of nitrogens with zero attached hydrogens (tertiary/aromatic N) is 3. The standard InChI is InChI=1S/C23H17FN4OS/c1-14-11-21(28(27-14)23-25-19-10-9-17(24)13-20(19)30-23)26-22(29)12-16-7-4-6-15-5-2-3-8-18(15)16/h2-11,13H,12H2,1H3,(H,26,29). The lowest BCUT2D eigenvalue weighted by Crippen LogP contribution is -2.17. The van der Waals surface area contributed by atoms with Crippen molar-refractivity contribution in [2.24, 2.45) is 0 Å². The number of carbonyl (C=O) groups excluding carboxylic acids is 1. The molecule has 0 fully saturated rings. The van der Waals surface area contributed by atoms with Crippen molar-refractivity contribution in [1.82, 2.24) is 14.8 Å². The van der Waals surface area contributed by atoms with Crippen molar-refractivity contribution in [3.05, 3.63) is 83.8 Å². The lowest BCUT2D eigenvalue weighted by atomic mass is 10.0. The molecule has 7 heteroatoms. The Kier molecular flexibility index (Phi) is 4.52. The number of aryl methyl sites for hydroxylation is 1. The monoisotopic (exact) mass is 416 g/mol. The molecule has 0 unspecified atom stereocenters. The number of benzene rings is 3. The molecule has 30 heavy (non-hydrogen) atoms. The summed E-state index contributed by atoms with van der Waals surface area (Å²) in [5, 5.41) is 10.2. The van der Waals surface area contributed by atoms with Gasteiger partial charge in [0, 0.05) is 6.07 Å². The largest absolute Gasteiger partial charge is 0.310 e. The molecule has 3 aromatic carbocycles. The van der Waals surface area contributed by atoms with E-state index < -0.39 is 0 Å². The van der Waals surface area contributed by atoms with E-state index in [-0.39, 0.29) is 18.1 Å². The van der Waals surface area contributed by atoms with Crippen LogP contribution in [0.5, 0.6) is 0 Å². The third-order valence-corrected chi connectivity index (χ3v) is 5.84. The molecule has 5 rings (SSSR count). The van der Waals surface area contributed by atoms with E-state index in [1.54, 1.807) is 16.8 Å². The summed E-state index contributed by atoms with van der Waals surface area (Å²) in [6, 6.07) is 20.2. The van der Waals surface area contributed by atoms with Crippen molar-refractivity contribution in [3.63, 3.8) is 0 Å². The van der Waals surface area contributed by atoms with Crippen molar-refractivity contribution in [1.29, 1.82) is 0 Å². The number of fused-ring (bicyclic) bond motifs is 2. The van der Waals surface area contributed by atoms with Gasteiger partial charge in [0.1, 0.15) is 11.6 Å². The van der Waals surface area contributed by atoms with E-state index in [0.29, 0.717) is 16.5 Å². The van der Waals surface area contributed by atoms with Crippen LogP contribution in [0.15, 0.2) is 66.7 Å². The molecule has 148 valence electrons. The summed E-state index contributed by atoms with van der Waals surface area (Å²) in [4.78, 5) is 17.3. The summed E-state index contributed by atoms with van der Waals surface area (Å²) in [7, 11) is 0. The van der Waals surface area contributed by atoms with Gasteiger partial charge in [-0.3, -0.25) is 4.79 Å². The van der Waals surface area contributed by atoms with Gasteiger partial charge in [0.2, 0.25) is 11.0 Å². The molecule has 0 aliphatic rings. The summed E-state index contributed by atoms with van der Waals surface area (Å²) in [5.74, 6) is 0.0925. The van der Waals surface area contributed by atoms with E-state index in [9.17, 15) is 9.18 Å². The number of hydrogen-bond donors (Lipinski definition) is 1. The molecule has 1 amide bonds. The summed E-state index contributed by atoms with van der Waals surface area (Å²) >= 11 is 1.32. The molecule has 0 bridgehead atoms. The van der Waals surface area contributed by atoms with Gasteiger partial charge in [0.25, 0.3) is 0 Å². The number of nitrogens with one attached hydrogen (secondary N) is 1. The van der Waals surface area contributed by atoms with Crippen molar-refractivity contribution in [2.45, 2.75) is 13.3 Å². The maximum absolute atomic E-state index is 13.5. The smallest absolute Gasteiger partial charge is 0.229 e. The predicted molar refractivity (Wildman–Crippen MR) is 118 cm³/mol. The Hall–Kier alpha value is -3.58. The van der Waals surface area contributed by atoms with Gasteiger partial charge in [-0.25, -0.2) is 9.37 Å². The fourth-order valence-electron chi connectivity index (χ4n) is 3.52. The van der Waals surface area contributed by atoms with Crippen LogP contribution in [0.1, 0.15) is 11.3 Å². The molecule has 1 N–H and O–H groups in total. The summed E-state index contributed by atoms with van der Waals surface area (Å²) < 4.78 is 15.8. The lowest BCUT2D eigenvalue weighted by molar-refractivity contribution is -0.115. The van der Waals surface area contributed by atoms with Crippen LogP contribution in [0, 0.1) is 12.7 Å². The first-order valence-corrected chi connectivity index (χ1v) is 10.3. The second-order valence-corrected chi connectivity index (χ2v) is 8.06. The van der Waals surface area contributed by atoms with Crippen LogP contribution in [-0.4, -0.2) is 20.7 Å². The van der Waals surface area contributed by atoms with E-state index in [4.69, 9.17) is 0 Å². The molecule has 0 aliphatic carbocycles. The Morgan fingerprint density at radius 2 is 1.93 bits per heavy atom. The van der Waals surface area contributed by atoms with Crippen LogP contribution in [0.3, 0.4) is 0 Å². The third-order valence-electron chi connectivity index (χ3n) is 4.85. The molecule has 5 nitrogen and oxygen atoms in total.